The van der Waals surface area contributed by atoms with Crippen LogP contribution in [-0.4, -0.2) is 47.4 Å². The van der Waals surface area contributed by atoms with Crippen molar-refractivity contribution in [1.29, 1.82) is 0 Å². The van der Waals surface area contributed by atoms with Crippen molar-refractivity contribution in [2.45, 2.75) is 328 Å². The molecule has 2 atom stereocenters. The molecule has 0 spiro atoms. The van der Waals surface area contributed by atoms with Gasteiger partial charge in [-0.25, -0.2) is 0 Å². The Labute approximate surface area is 393 Å². The summed E-state index contributed by atoms with van der Waals surface area (Å²) >= 11 is 0. The monoisotopic (exact) mass is 890 g/mol. The molecule has 6 heteroatoms. The van der Waals surface area contributed by atoms with Gasteiger partial charge in [0, 0.05) is 12.8 Å². The van der Waals surface area contributed by atoms with Crippen LogP contribution in [0.4, 0.5) is 0 Å². The van der Waals surface area contributed by atoms with Crippen molar-refractivity contribution >= 4 is 11.9 Å². The Bertz CT molecular complexity index is 939. The van der Waals surface area contributed by atoms with Crippen LogP contribution < -0.4 is 5.32 Å². The number of hydrogen-bond donors (Lipinski definition) is 3. The molecule has 63 heavy (non-hydrogen) atoms. The first-order valence-corrected chi connectivity index (χ1v) is 28.5. The molecule has 6 nitrogen and oxygen atoms in total. The number of rotatable bonds is 53. The predicted octanol–water partition coefficient (Wildman–Crippen LogP) is 17.3. The highest BCUT2D eigenvalue weighted by Gasteiger charge is 2.18. The number of allylic oxidation sites excluding steroid dienone is 1. The van der Waals surface area contributed by atoms with Crippen LogP contribution in [0, 0.1) is 0 Å². The molecule has 0 aliphatic carbocycles. The van der Waals surface area contributed by atoms with E-state index in [1.165, 1.54) is 250 Å². The summed E-state index contributed by atoms with van der Waals surface area (Å²) in [6.45, 7) is 4.90. The Morgan fingerprint density at radius 3 is 1.08 bits per heavy atom. The van der Waals surface area contributed by atoms with Gasteiger partial charge in [-0.2, -0.15) is 0 Å². The minimum atomic E-state index is -0.843. The number of unbranched alkanes of at least 4 members (excludes halogenated alkanes) is 42. The normalized spacial score (nSPS) is 12.6. The molecule has 3 N–H and O–H groups in total. The van der Waals surface area contributed by atoms with Crippen LogP contribution in [0.15, 0.2) is 12.2 Å². The van der Waals surface area contributed by atoms with Gasteiger partial charge in [0.15, 0.2) is 0 Å². The summed E-state index contributed by atoms with van der Waals surface area (Å²) in [4.78, 5) is 24.5. The maximum Gasteiger partial charge on any atom is 0.305 e. The highest BCUT2D eigenvalue weighted by atomic mass is 16.5. The van der Waals surface area contributed by atoms with E-state index in [9.17, 15) is 19.8 Å². The molecule has 2 unspecified atom stereocenters. The lowest BCUT2D eigenvalue weighted by Gasteiger charge is -2.20. The van der Waals surface area contributed by atoms with Gasteiger partial charge in [0.25, 0.3) is 0 Å². The van der Waals surface area contributed by atoms with Crippen LogP contribution in [-0.2, 0) is 14.3 Å². The molecular weight excluding hydrogens is 779 g/mol. The minimum absolute atomic E-state index is 0.0124. The molecule has 0 saturated carbocycles. The summed E-state index contributed by atoms with van der Waals surface area (Å²) in [6.07, 6.45) is 62.4. The summed E-state index contributed by atoms with van der Waals surface area (Å²) in [5.41, 5.74) is 0. The summed E-state index contributed by atoms with van der Waals surface area (Å²) in [6, 6.07) is -0.627. The van der Waals surface area contributed by atoms with Gasteiger partial charge in [-0.05, 0) is 32.1 Å². The molecule has 0 aromatic carbocycles. The standard InChI is InChI=1S/C57H111NO5/c1-3-5-7-9-11-13-15-16-17-21-25-28-31-35-39-43-47-51-57(62)63-52-48-44-40-36-32-29-26-23-20-18-19-22-24-27-30-34-38-42-46-50-56(61)58-54(53-59)55(60)49-45-41-37-33-14-12-10-8-6-4-2/h45,49,54-55,59-60H,3-44,46-48,50-53H2,1-2H3,(H,58,61)/b49-45+. The van der Waals surface area contributed by atoms with Crippen molar-refractivity contribution in [3.05, 3.63) is 12.2 Å². The smallest absolute Gasteiger partial charge is 0.305 e. The van der Waals surface area contributed by atoms with Crippen molar-refractivity contribution in [1.82, 2.24) is 5.32 Å². The zero-order valence-electron chi connectivity index (χ0n) is 42.6. The Kier molecular flexibility index (Phi) is 52.0. The van der Waals surface area contributed by atoms with Gasteiger partial charge in [0.05, 0.1) is 25.4 Å². The van der Waals surface area contributed by atoms with Gasteiger partial charge in [-0.15, -0.1) is 0 Å². The molecule has 0 aliphatic rings. The molecule has 374 valence electrons. The van der Waals surface area contributed by atoms with Gasteiger partial charge >= 0.3 is 5.97 Å². The van der Waals surface area contributed by atoms with Crippen molar-refractivity contribution < 1.29 is 24.5 Å². The molecular formula is C57H111NO5. The molecule has 0 bridgehead atoms. The number of nitrogens with one attached hydrogen (secondary N) is 1. The first-order chi connectivity index (χ1) is 31.0. The van der Waals surface area contributed by atoms with Gasteiger partial charge in [0.1, 0.15) is 0 Å². The van der Waals surface area contributed by atoms with Crippen molar-refractivity contribution in [3.63, 3.8) is 0 Å². The number of amides is 1. The number of carbonyl (C=O) groups excluding carboxylic acids is 2. The largest absolute Gasteiger partial charge is 0.466 e. The van der Waals surface area contributed by atoms with Crippen LogP contribution in [0.2, 0.25) is 0 Å². The van der Waals surface area contributed by atoms with Crippen LogP contribution in [0.1, 0.15) is 316 Å². The number of carbonyl (C=O) groups is 2. The number of esters is 1. The van der Waals surface area contributed by atoms with Crippen LogP contribution in [0.3, 0.4) is 0 Å². The molecule has 0 aromatic rings. The van der Waals surface area contributed by atoms with E-state index in [1.807, 2.05) is 6.08 Å². The fourth-order valence-corrected chi connectivity index (χ4v) is 8.93. The third-order valence-electron chi connectivity index (χ3n) is 13.3. The quantitative estimate of drug-likeness (QED) is 0.0321. The first-order valence-electron chi connectivity index (χ1n) is 28.5. The van der Waals surface area contributed by atoms with Crippen molar-refractivity contribution in [2.24, 2.45) is 0 Å². The van der Waals surface area contributed by atoms with E-state index < -0.39 is 12.1 Å². The van der Waals surface area contributed by atoms with Gasteiger partial charge < -0.3 is 20.3 Å². The van der Waals surface area contributed by atoms with E-state index in [0.717, 1.165) is 38.5 Å². The van der Waals surface area contributed by atoms with Crippen molar-refractivity contribution in [3.8, 4) is 0 Å². The maximum absolute atomic E-state index is 12.4. The maximum atomic E-state index is 12.4. The Hall–Kier alpha value is -1.40. The fourth-order valence-electron chi connectivity index (χ4n) is 8.93. The molecule has 0 radical (unpaired) electrons. The molecule has 1 amide bonds. The van der Waals surface area contributed by atoms with Gasteiger partial charge in [-0.1, -0.05) is 283 Å². The van der Waals surface area contributed by atoms with E-state index in [1.54, 1.807) is 6.08 Å². The average molecular weight is 891 g/mol. The lowest BCUT2D eigenvalue weighted by molar-refractivity contribution is -0.143. The molecule has 0 fully saturated rings. The zero-order valence-corrected chi connectivity index (χ0v) is 42.6. The highest BCUT2D eigenvalue weighted by molar-refractivity contribution is 5.76. The number of hydrogen-bond acceptors (Lipinski definition) is 5. The second kappa shape index (κ2) is 53.2. The summed E-state index contributed by atoms with van der Waals surface area (Å²) in [5.74, 6) is -0.0593. The SMILES string of the molecule is CCCCCCCCCC/C=C/C(O)C(CO)NC(=O)CCCCCCCCCCCCCCCCCCCCCOC(=O)CCCCCCCCCCCCCCCCCCC. The summed E-state index contributed by atoms with van der Waals surface area (Å²) in [5, 5.41) is 23.0. The Morgan fingerprint density at radius 2 is 0.730 bits per heavy atom. The zero-order chi connectivity index (χ0) is 45.8. The lowest BCUT2D eigenvalue weighted by Crippen LogP contribution is -2.45. The number of ether oxygens (including phenoxy) is 1. The van der Waals surface area contributed by atoms with E-state index in [0.29, 0.717) is 19.4 Å². The second-order valence-electron chi connectivity index (χ2n) is 19.6. The van der Waals surface area contributed by atoms with Crippen LogP contribution in [0.25, 0.3) is 0 Å². The minimum Gasteiger partial charge on any atom is -0.466 e. The third kappa shape index (κ3) is 49.9. The lowest BCUT2D eigenvalue weighted by atomic mass is 10.0. The molecule has 0 aromatic heterocycles. The molecule has 0 aliphatic heterocycles. The van der Waals surface area contributed by atoms with E-state index in [2.05, 4.69) is 19.2 Å². The van der Waals surface area contributed by atoms with E-state index in [4.69, 9.17) is 4.74 Å². The molecule has 0 heterocycles. The second-order valence-corrected chi connectivity index (χ2v) is 19.6. The van der Waals surface area contributed by atoms with E-state index in [-0.39, 0.29) is 18.5 Å². The molecule has 0 rings (SSSR count). The van der Waals surface area contributed by atoms with Crippen LogP contribution in [0.5, 0.6) is 0 Å². The average Bonchev–Trinajstić information content (AvgIpc) is 3.28. The first kappa shape index (κ1) is 61.6. The van der Waals surface area contributed by atoms with Crippen molar-refractivity contribution in [2.75, 3.05) is 13.2 Å². The highest BCUT2D eigenvalue weighted by Crippen LogP contribution is 2.17. The van der Waals surface area contributed by atoms with Crippen LogP contribution >= 0.6 is 0 Å². The van der Waals surface area contributed by atoms with E-state index >= 15 is 0 Å². The fraction of sp³-hybridized carbons (Fsp3) is 0.930. The molecule has 0 saturated heterocycles. The van der Waals surface area contributed by atoms with Gasteiger partial charge in [0.2, 0.25) is 5.91 Å². The van der Waals surface area contributed by atoms with Gasteiger partial charge in [-0.3, -0.25) is 9.59 Å². The number of aliphatic hydroxyl groups is 2. The number of aliphatic hydroxyl groups excluding tert-OH is 2. The Balaban J connectivity index is 3.36. The predicted molar refractivity (Wildman–Crippen MR) is 273 cm³/mol. The summed E-state index contributed by atoms with van der Waals surface area (Å²) < 4.78 is 5.49. The third-order valence-corrected chi connectivity index (χ3v) is 13.3. The summed E-state index contributed by atoms with van der Waals surface area (Å²) in [7, 11) is 0. The Morgan fingerprint density at radius 1 is 0.429 bits per heavy atom. The topological polar surface area (TPSA) is 95.9 Å².